The summed E-state index contributed by atoms with van der Waals surface area (Å²) in [6.07, 6.45) is 0.492. The van der Waals surface area contributed by atoms with E-state index < -0.39 is 23.9 Å². The van der Waals surface area contributed by atoms with Crippen molar-refractivity contribution in [2.75, 3.05) is 0 Å². The van der Waals surface area contributed by atoms with Gasteiger partial charge in [0.05, 0.1) is 0 Å². The fourth-order valence-electron chi connectivity index (χ4n) is 2.37. The van der Waals surface area contributed by atoms with Crippen molar-refractivity contribution in [3.8, 4) is 0 Å². The number of aryl methyl sites for hydroxylation is 1. The summed E-state index contributed by atoms with van der Waals surface area (Å²) < 4.78 is 5.22. The molecule has 0 aliphatic carbocycles. The lowest BCUT2D eigenvalue weighted by Gasteiger charge is -2.15. The molecular formula is C22H24N2O4. The van der Waals surface area contributed by atoms with Crippen molar-refractivity contribution in [1.29, 1.82) is 0 Å². The third-order valence-corrected chi connectivity index (χ3v) is 3.88. The molecule has 0 saturated carbocycles. The van der Waals surface area contributed by atoms with Crippen LogP contribution in [0.1, 0.15) is 30.5 Å². The molecule has 2 rings (SSSR count). The maximum absolute atomic E-state index is 12.4. The van der Waals surface area contributed by atoms with Crippen molar-refractivity contribution < 1.29 is 19.1 Å². The molecule has 0 bridgehead atoms. The summed E-state index contributed by atoms with van der Waals surface area (Å²) in [5.41, 5.74) is 2.77. The minimum Gasteiger partial charge on any atom is -0.448 e. The number of carbonyl (C=O) groups is 3. The molecule has 2 N–H and O–H groups in total. The first-order chi connectivity index (χ1) is 13.3. The molecule has 0 saturated heterocycles. The van der Waals surface area contributed by atoms with Gasteiger partial charge >= 0.3 is 5.97 Å². The first-order valence-corrected chi connectivity index (χ1v) is 8.93. The Morgan fingerprint density at radius 1 is 1.04 bits per heavy atom. The van der Waals surface area contributed by atoms with Crippen LogP contribution in [0.5, 0.6) is 0 Å². The normalized spacial score (nSPS) is 12.0. The molecule has 2 aromatic rings. The van der Waals surface area contributed by atoms with Crippen LogP contribution in [-0.4, -0.2) is 23.9 Å². The summed E-state index contributed by atoms with van der Waals surface area (Å²) in [6, 6.07) is 16.8. The van der Waals surface area contributed by atoms with Crippen LogP contribution in [0.15, 0.2) is 60.3 Å². The number of hydrogen-bond acceptors (Lipinski definition) is 4. The summed E-state index contributed by atoms with van der Waals surface area (Å²) in [5.74, 6) is -1.61. The van der Waals surface area contributed by atoms with Gasteiger partial charge in [-0.3, -0.25) is 9.59 Å². The molecule has 0 unspecified atom stereocenters. The number of ether oxygens (including phenoxy) is 1. The first-order valence-electron chi connectivity index (χ1n) is 8.93. The highest BCUT2D eigenvalue weighted by Crippen LogP contribution is 2.08. The lowest BCUT2D eigenvalue weighted by molar-refractivity contribution is -0.151. The Kier molecular flexibility index (Phi) is 7.51. The monoisotopic (exact) mass is 380 g/mol. The molecule has 6 nitrogen and oxygen atoms in total. The van der Waals surface area contributed by atoms with Crippen LogP contribution >= 0.6 is 0 Å². The second-order valence-electron chi connectivity index (χ2n) is 6.40. The molecule has 2 aromatic carbocycles. The zero-order valence-corrected chi connectivity index (χ0v) is 16.2. The summed E-state index contributed by atoms with van der Waals surface area (Å²) in [4.78, 5) is 36.1. The maximum Gasteiger partial charge on any atom is 0.355 e. The van der Waals surface area contributed by atoms with E-state index in [1.165, 1.54) is 19.9 Å². The predicted molar refractivity (Wildman–Crippen MR) is 107 cm³/mol. The zero-order chi connectivity index (χ0) is 20.5. The predicted octanol–water partition coefficient (Wildman–Crippen LogP) is 2.72. The van der Waals surface area contributed by atoms with Crippen LogP contribution in [0.3, 0.4) is 0 Å². The molecule has 6 heteroatoms. The highest BCUT2D eigenvalue weighted by molar-refractivity contribution is 5.98. The van der Waals surface area contributed by atoms with Crippen LogP contribution in [0.25, 0.3) is 6.08 Å². The van der Waals surface area contributed by atoms with E-state index in [9.17, 15) is 14.4 Å². The van der Waals surface area contributed by atoms with Gasteiger partial charge in [-0.05, 0) is 31.1 Å². The minimum atomic E-state index is -1.01. The van der Waals surface area contributed by atoms with Gasteiger partial charge in [-0.2, -0.15) is 0 Å². The van der Waals surface area contributed by atoms with Crippen LogP contribution in [0.2, 0.25) is 0 Å². The third kappa shape index (κ3) is 6.72. The topological polar surface area (TPSA) is 84.5 Å². The van der Waals surface area contributed by atoms with Crippen LogP contribution in [0.4, 0.5) is 0 Å². The van der Waals surface area contributed by atoms with Crippen molar-refractivity contribution in [3.63, 3.8) is 0 Å². The van der Waals surface area contributed by atoms with E-state index in [1.807, 2.05) is 49.4 Å². The van der Waals surface area contributed by atoms with Crippen LogP contribution in [0, 0.1) is 6.92 Å². The Morgan fingerprint density at radius 3 is 2.29 bits per heavy atom. The van der Waals surface area contributed by atoms with Crippen LogP contribution < -0.4 is 10.6 Å². The van der Waals surface area contributed by atoms with Gasteiger partial charge in [-0.1, -0.05) is 60.2 Å². The molecule has 1 atom stereocenters. The van der Waals surface area contributed by atoms with Gasteiger partial charge in [-0.25, -0.2) is 4.79 Å². The van der Waals surface area contributed by atoms with Crippen molar-refractivity contribution in [2.24, 2.45) is 0 Å². The largest absolute Gasteiger partial charge is 0.448 e. The van der Waals surface area contributed by atoms with Gasteiger partial charge in [0.25, 0.3) is 5.91 Å². The number of hydrogen-bond donors (Lipinski definition) is 2. The van der Waals surface area contributed by atoms with Gasteiger partial charge < -0.3 is 15.4 Å². The summed E-state index contributed by atoms with van der Waals surface area (Å²) in [6.45, 7) is 5.10. The van der Waals surface area contributed by atoms with E-state index in [4.69, 9.17) is 4.74 Å². The van der Waals surface area contributed by atoms with E-state index in [1.54, 1.807) is 12.1 Å². The van der Waals surface area contributed by atoms with Gasteiger partial charge in [-0.15, -0.1) is 0 Å². The lowest BCUT2D eigenvalue weighted by atomic mass is 10.1. The minimum absolute atomic E-state index is 0.0307. The van der Waals surface area contributed by atoms with Crippen molar-refractivity contribution in [2.45, 2.75) is 33.4 Å². The summed E-state index contributed by atoms with van der Waals surface area (Å²) in [5, 5.41) is 5.18. The lowest BCUT2D eigenvalue weighted by Crippen LogP contribution is -2.37. The molecule has 0 aromatic heterocycles. The highest BCUT2D eigenvalue weighted by Gasteiger charge is 2.21. The van der Waals surface area contributed by atoms with Crippen molar-refractivity contribution in [1.82, 2.24) is 10.6 Å². The Morgan fingerprint density at radius 2 is 1.68 bits per heavy atom. The third-order valence-electron chi connectivity index (χ3n) is 3.88. The maximum atomic E-state index is 12.4. The van der Waals surface area contributed by atoms with E-state index in [2.05, 4.69) is 10.6 Å². The Hall–Kier alpha value is -3.41. The quantitative estimate of drug-likeness (QED) is 0.571. The highest BCUT2D eigenvalue weighted by atomic mass is 16.5. The second kappa shape index (κ2) is 10.1. The molecule has 146 valence electrons. The molecule has 0 heterocycles. The van der Waals surface area contributed by atoms with E-state index in [0.29, 0.717) is 6.54 Å². The standard InChI is InChI=1S/C22H24N2O4/c1-15-9-11-19(12-10-15)14-23-21(26)16(2)28-22(27)20(24-17(3)25)13-18-7-5-4-6-8-18/h4-13,16H,14H2,1-3H3,(H,23,26)(H,24,25)/b20-13-/t16-/m0/s1. The van der Waals surface area contributed by atoms with Crippen LogP contribution in [-0.2, 0) is 25.7 Å². The van der Waals surface area contributed by atoms with Gasteiger partial charge in [0.2, 0.25) is 5.91 Å². The average molecular weight is 380 g/mol. The number of esters is 1. The average Bonchev–Trinajstić information content (AvgIpc) is 2.67. The second-order valence-corrected chi connectivity index (χ2v) is 6.40. The molecule has 0 radical (unpaired) electrons. The van der Waals surface area contributed by atoms with E-state index in [0.717, 1.165) is 16.7 Å². The Bertz CT molecular complexity index is 858. The SMILES string of the molecule is CC(=O)N/C(=C\c1ccccc1)C(=O)O[C@@H](C)C(=O)NCc1ccc(C)cc1. The van der Waals surface area contributed by atoms with Gasteiger partial charge in [0.15, 0.2) is 6.10 Å². The molecule has 0 aliphatic rings. The van der Waals surface area contributed by atoms with E-state index >= 15 is 0 Å². The smallest absolute Gasteiger partial charge is 0.355 e. The molecule has 2 amide bonds. The number of nitrogens with one attached hydrogen (secondary N) is 2. The van der Waals surface area contributed by atoms with Gasteiger partial charge in [0.1, 0.15) is 5.70 Å². The Balaban J connectivity index is 1.98. The molecule has 0 aliphatic heterocycles. The number of carbonyl (C=O) groups excluding carboxylic acids is 3. The zero-order valence-electron chi connectivity index (χ0n) is 16.2. The number of benzene rings is 2. The van der Waals surface area contributed by atoms with E-state index in [-0.39, 0.29) is 5.70 Å². The van der Waals surface area contributed by atoms with Crippen molar-refractivity contribution in [3.05, 3.63) is 77.0 Å². The molecule has 28 heavy (non-hydrogen) atoms. The van der Waals surface area contributed by atoms with Crippen molar-refractivity contribution >= 4 is 23.9 Å². The first kappa shape index (κ1) is 20.9. The summed E-state index contributed by atoms with van der Waals surface area (Å²) in [7, 11) is 0. The number of amides is 2. The Labute approximate surface area is 164 Å². The van der Waals surface area contributed by atoms with Gasteiger partial charge in [0, 0.05) is 13.5 Å². The molecular weight excluding hydrogens is 356 g/mol. The summed E-state index contributed by atoms with van der Waals surface area (Å²) >= 11 is 0. The fraction of sp³-hybridized carbons (Fsp3) is 0.227. The molecule has 0 spiro atoms. The molecule has 0 fully saturated rings. The number of rotatable bonds is 7. The fourth-order valence-corrected chi connectivity index (χ4v) is 2.37.